The Hall–Kier alpha value is -1.56. The van der Waals surface area contributed by atoms with E-state index in [1.807, 2.05) is 18.2 Å². The molecule has 1 fully saturated rings. The normalized spacial score (nSPS) is 18.7. The highest BCUT2D eigenvalue weighted by Crippen LogP contribution is 2.16. The summed E-state index contributed by atoms with van der Waals surface area (Å²) in [6.07, 6.45) is 3.57. The third-order valence-corrected chi connectivity index (χ3v) is 5.39. The van der Waals surface area contributed by atoms with E-state index in [1.165, 1.54) is 11.8 Å². The van der Waals surface area contributed by atoms with Crippen molar-refractivity contribution in [3.05, 3.63) is 35.9 Å². The van der Waals surface area contributed by atoms with Gasteiger partial charge in [-0.1, -0.05) is 30.3 Å². The molecule has 1 atom stereocenters. The van der Waals surface area contributed by atoms with Gasteiger partial charge in [-0.05, 0) is 24.8 Å². The van der Waals surface area contributed by atoms with E-state index in [1.54, 1.807) is 4.90 Å². The predicted molar refractivity (Wildman–Crippen MR) is 83.0 cm³/mol. The zero-order valence-electron chi connectivity index (χ0n) is 12.3. The molecular formula is C15H22N2O3S. The number of nitrogens with zero attached hydrogens (tertiary/aromatic N) is 1. The Bertz CT molecular complexity index is 572. The number of urea groups is 1. The molecule has 0 aromatic heterocycles. The number of sulfone groups is 1. The van der Waals surface area contributed by atoms with Crippen LogP contribution in [0.4, 0.5) is 4.79 Å². The van der Waals surface area contributed by atoms with Gasteiger partial charge in [0, 0.05) is 25.9 Å². The number of benzene rings is 1. The number of carbonyl (C=O) groups excluding carboxylic acids is 1. The molecule has 1 aliphatic rings. The maximum absolute atomic E-state index is 11.9. The van der Waals surface area contributed by atoms with E-state index in [9.17, 15) is 13.2 Å². The van der Waals surface area contributed by atoms with Crippen LogP contribution < -0.4 is 5.32 Å². The third-order valence-electron chi connectivity index (χ3n) is 3.80. The number of likely N-dealkylation sites (tertiary alicyclic amines) is 1. The second-order valence-electron chi connectivity index (χ2n) is 5.51. The first-order valence-corrected chi connectivity index (χ1v) is 9.18. The lowest BCUT2D eigenvalue weighted by molar-refractivity contribution is 0.209. The Morgan fingerprint density at radius 2 is 2.05 bits per heavy atom. The third kappa shape index (κ3) is 4.74. The van der Waals surface area contributed by atoms with E-state index in [0.717, 1.165) is 12.8 Å². The van der Waals surface area contributed by atoms with Gasteiger partial charge in [0.05, 0.1) is 5.25 Å². The van der Waals surface area contributed by atoms with Crippen LogP contribution in [0.25, 0.3) is 0 Å². The van der Waals surface area contributed by atoms with Crippen LogP contribution in [0.15, 0.2) is 30.3 Å². The highest BCUT2D eigenvalue weighted by molar-refractivity contribution is 7.91. The molecule has 1 saturated heterocycles. The first-order valence-electron chi connectivity index (χ1n) is 7.22. The molecule has 6 heteroatoms. The summed E-state index contributed by atoms with van der Waals surface area (Å²) in [6.45, 7) is 1.43. The summed E-state index contributed by atoms with van der Waals surface area (Å²) in [5.74, 6) is 0. The van der Waals surface area contributed by atoms with Crippen molar-refractivity contribution in [2.45, 2.75) is 24.5 Å². The Balaban J connectivity index is 1.69. The smallest absolute Gasteiger partial charge is 0.317 e. The average molecular weight is 310 g/mol. The van der Waals surface area contributed by atoms with Crippen LogP contribution in [0.3, 0.4) is 0 Å². The Labute approximate surface area is 126 Å². The number of aryl methyl sites for hydroxylation is 1. The van der Waals surface area contributed by atoms with Gasteiger partial charge in [0.25, 0.3) is 0 Å². The number of hydrogen-bond donors (Lipinski definition) is 1. The van der Waals surface area contributed by atoms with Gasteiger partial charge in [0.2, 0.25) is 0 Å². The second-order valence-corrected chi connectivity index (χ2v) is 7.83. The molecule has 21 heavy (non-hydrogen) atoms. The predicted octanol–water partition coefficient (Wildman–Crippen LogP) is 1.45. The summed E-state index contributed by atoms with van der Waals surface area (Å²) in [6, 6.07) is 9.97. The summed E-state index contributed by atoms with van der Waals surface area (Å²) in [7, 11) is -3.05. The van der Waals surface area contributed by atoms with Crippen LogP contribution in [-0.2, 0) is 16.3 Å². The largest absolute Gasteiger partial charge is 0.338 e. The standard InChI is InChI=1S/C15H22N2O3S/c1-21(19,20)14-9-11-17(12-14)15(18)16-10-5-8-13-6-3-2-4-7-13/h2-4,6-7,14H,5,8-12H2,1H3,(H,16,18). The van der Waals surface area contributed by atoms with E-state index in [0.29, 0.717) is 26.1 Å². The molecule has 1 heterocycles. The van der Waals surface area contributed by atoms with Gasteiger partial charge in [-0.3, -0.25) is 0 Å². The molecule has 1 aromatic rings. The molecule has 2 rings (SSSR count). The maximum Gasteiger partial charge on any atom is 0.317 e. The highest BCUT2D eigenvalue weighted by atomic mass is 32.2. The quantitative estimate of drug-likeness (QED) is 0.837. The molecule has 0 bridgehead atoms. The van der Waals surface area contributed by atoms with Crippen LogP contribution in [0.2, 0.25) is 0 Å². The molecule has 0 radical (unpaired) electrons. The molecule has 116 valence electrons. The molecule has 1 aromatic carbocycles. The van der Waals surface area contributed by atoms with Crippen molar-refractivity contribution < 1.29 is 13.2 Å². The fraction of sp³-hybridized carbons (Fsp3) is 0.533. The van der Waals surface area contributed by atoms with E-state index in [2.05, 4.69) is 17.4 Å². The summed E-state index contributed by atoms with van der Waals surface area (Å²) in [5.41, 5.74) is 1.25. The first kappa shape index (κ1) is 15.8. The van der Waals surface area contributed by atoms with E-state index < -0.39 is 15.1 Å². The van der Waals surface area contributed by atoms with Gasteiger partial charge in [0.15, 0.2) is 9.84 Å². The lowest BCUT2D eigenvalue weighted by atomic mass is 10.1. The lowest BCUT2D eigenvalue weighted by Crippen LogP contribution is -2.40. The molecule has 5 nitrogen and oxygen atoms in total. The zero-order chi connectivity index (χ0) is 15.3. The molecular weight excluding hydrogens is 288 g/mol. The highest BCUT2D eigenvalue weighted by Gasteiger charge is 2.32. The molecule has 2 amide bonds. The number of carbonyl (C=O) groups is 1. The molecule has 1 N–H and O–H groups in total. The van der Waals surface area contributed by atoms with Crippen LogP contribution in [0.1, 0.15) is 18.4 Å². The fourth-order valence-electron chi connectivity index (χ4n) is 2.51. The van der Waals surface area contributed by atoms with Gasteiger partial charge < -0.3 is 10.2 Å². The first-order chi connectivity index (χ1) is 9.97. The lowest BCUT2D eigenvalue weighted by Gasteiger charge is -2.17. The zero-order valence-corrected chi connectivity index (χ0v) is 13.1. The molecule has 0 aliphatic carbocycles. The second kappa shape index (κ2) is 6.93. The van der Waals surface area contributed by atoms with Crippen molar-refractivity contribution >= 4 is 15.9 Å². The van der Waals surface area contributed by atoms with Crippen molar-refractivity contribution in [2.24, 2.45) is 0 Å². The van der Waals surface area contributed by atoms with Crippen LogP contribution in [0.5, 0.6) is 0 Å². The minimum Gasteiger partial charge on any atom is -0.338 e. The summed E-state index contributed by atoms with van der Waals surface area (Å²) >= 11 is 0. The van der Waals surface area contributed by atoms with Gasteiger partial charge >= 0.3 is 6.03 Å². The SMILES string of the molecule is CS(=O)(=O)C1CCN(C(=O)NCCCc2ccccc2)C1. The van der Waals surface area contributed by atoms with Gasteiger partial charge in [-0.15, -0.1) is 0 Å². The van der Waals surface area contributed by atoms with Gasteiger partial charge in [0.1, 0.15) is 0 Å². The van der Waals surface area contributed by atoms with E-state index in [4.69, 9.17) is 0 Å². The van der Waals surface area contributed by atoms with Gasteiger partial charge in [-0.25, -0.2) is 13.2 Å². The van der Waals surface area contributed by atoms with Gasteiger partial charge in [-0.2, -0.15) is 0 Å². The summed E-state index contributed by atoms with van der Waals surface area (Å²) in [5, 5.41) is 2.45. The number of hydrogen-bond acceptors (Lipinski definition) is 3. The Kier molecular flexibility index (Phi) is 5.22. The van der Waals surface area contributed by atoms with Crippen molar-refractivity contribution in [2.75, 3.05) is 25.9 Å². The Morgan fingerprint density at radius 3 is 2.67 bits per heavy atom. The number of rotatable bonds is 5. The van der Waals surface area contributed by atoms with Crippen molar-refractivity contribution in [1.82, 2.24) is 10.2 Å². The van der Waals surface area contributed by atoms with Crippen molar-refractivity contribution in [3.63, 3.8) is 0 Å². The molecule has 0 spiro atoms. The summed E-state index contributed by atoms with van der Waals surface area (Å²) in [4.78, 5) is 13.5. The van der Waals surface area contributed by atoms with E-state index in [-0.39, 0.29) is 6.03 Å². The fourth-order valence-corrected chi connectivity index (χ4v) is 3.49. The average Bonchev–Trinajstić information content (AvgIpc) is 2.94. The van der Waals surface area contributed by atoms with E-state index >= 15 is 0 Å². The van der Waals surface area contributed by atoms with Crippen molar-refractivity contribution in [3.8, 4) is 0 Å². The Morgan fingerprint density at radius 1 is 1.33 bits per heavy atom. The molecule has 1 aliphatic heterocycles. The van der Waals surface area contributed by atoms with Crippen LogP contribution in [-0.4, -0.2) is 50.5 Å². The number of amides is 2. The van der Waals surface area contributed by atoms with Crippen LogP contribution >= 0.6 is 0 Å². The minimum atomic E-state index is -3.05. The maximum atomic E-state index is 11.9. The minimum absolute atomic E-state index is 0.158. The topological polar surface area (TPSA) is 66.5 Å². The van der Waals surface area contributed by atoms with Crippen molar-refractivity contribution in [1.29, 1.82) is 0 Å². The van der Waals surface area contributed by atoms with Crippen LogP contribution in [0, 0.1) is 0 Å². The molecule has 1 unspecified atom stereocenters. The number of nitrogens with one attached hydrogen (secondary N) is 1. The summed E-state index contributed by atoms with van der Waals surface area (Å²) < 4.78 is 22.9. The molecule has 0 saturated carbocycles. The monoisotopic (exact) mass is 310 g/mol.